The van der Waals surface area contributed by atoms with Crippen LogP contribution in [0, 0.1) is 12.8 Å². The van der Waals surface area contributed by atoms with Crippen LogP contribution in [-0.4, -0.2) is 42.4 Å². The molecule has 0 aliphatic rings. The van der Waals surface area contributed by atoms with Crippen molar-refractivity contribution in [1.82, 2.24) is 10.3 Å². The van der Waals surface area contributed by atoms with Crippen LogP contribution in [0.4, 0.5) is 0 Å². The number of H-pyrrole nitrogens is 1. The number of ether oxygens (including phenoxy) is 2. The minimum absolute atomic E-state index is 0.240. The number of rotatable bonds is 8. The van der Waals surface area contributed by atoms with E-state index >= 15 is 0 Å². The molecule has 0 bridgehead atoms. The lowest BCUT2D eigenvalue weighted by atomic mass is 10.0. The molecule has 162 valence electrons. The number of aromatic amines is 1. The molecule has 0 unspecified atom stereocenters. The fraction of sp³-hybridized carbons (Fsp3) is 0.292. The van der Waals surface area contributed by atoms with E-state index in [1.165, 1.54) is 7.11 Å². The second kappa shape index (κ2) is 9.47. The van der Waals surface area contributed by atoms with E-state index < -0.39 is 24.5 Å². The van der Waals surface area contributed by atoms with Crippen LogP contribution in [0.25, 0.3) is 10.9 Å². The van der Waals surface area contributed by atoms with Gasteiger partial charge in [-0.2, -0.15) is 0 Å². The van der Waals surface area contributed by atoms with Gasteiger partial charge in [0.05, 0.1) is 12.7 Å². The number of hydrogen-bond acceptors (Lipinski definition) is 5. The number of methoxy groups -OCH3 is 1. The fourth-order valence-electron chi connectivity index (χ4n) is 3.48. The summed E-state index contributed by atoms with van der Waals surface area (Å²) in [5, 5.41) is 3.48. The molecule has 3 rings (SSSR count). The zero-order valence-corrected chi connectivity index (χ0v) is 18.0. The van der Waals surface area contributed by atoms with Gasteiger partial charge >= 0.3 is 5.97 Å². The second-order valence-electron chi connectivity index (χ2n) is 7.60. The third-order valence-corrected chi connectivity index (χ3v) is 5.08. The van der Waals surface area contributed by atoms with E-state index in [1.807, 2.05) is 24.3 Å². The molecule has 0 aliphatic heterocycles. The molecule has 1 amide bonds. The SMILES string of the molecule is COc1ccccc1C(=O)N[C@H](C(=O)OCC(=O)c1c(C)[nH]c2ccccc12)C(C)C. The molecule has 0 saturated carbocycles. The third kappa shape index (κ3) is 4.77. The Morgan fingerprint density at radius 2 is 1.71 bits per heavy atom. The van der Waals surface area contributed by atoms with Crippen molar-refractivity contribution in [2.45, 2.75) is 26.8 Å². The minimum atomic E-state index is -0.908. The van der Waals surface area contributed by atoms with Crippen LogP contribution in [-0.2, 0) is 9.53 Å². The molecule has 7 nitrogen and oxygen atoms in total. The molecule has 0 spiro atoms. The Bertz CT molecular complexity index is 1120. The summed E-state index contributed by atoms with van der Waals surface area (Å²) in [6.45, 7) is 4.98. The molecule has 1 heterocycles. The maximum atomic E-state index is 12.8. The number of Topliss-reactive ketones (excluding diaryl/α,β-unsaturated/α-hetero) is 1. The Balaban J connectivity index is 1.70. The number of amides is 1. The first-order valence-corrected chi connectivity index (χ1v) is 10.0. The van der Waals surface area contributed by atoms with E-state index in [-0.39, 0.29) is 11.7 Å². The van der Waals surface area contributed by atoms with Crippen LogP contribution < -0.4 is 10.1 Å². The van der Waals surface area contributed by atoms with E-state index in [2.05, 4.69) is 10.3 Å². The summed E-state index contributed by atoms with van der Waals surface area (Å²) in [5.41, 5.74) is 2.38. The molecular weight excluding hydrogens is 396 g/mol. The molecule has 0 fully saturated rings. The highest BCUT2D eigenvalue weighted by Gasteiger charge is 2.28. The summed E-state index contributed by atoms with van der Waals surface area (Å²) in [5.74, 6) is -1.25. The normalized spacial score (nSPS) is 11.9. The Kier molecular flexibility index (Phi) is 6.74. The predicted molar refractivity (Wildman–Crippen MR) is 117 cm³/mol. The Hall–Kier alpha value is -3.61. The summed E-state index contributed by atoms with van der Waals surface area (Å²) < 4.78 is 10.5. The van der Waals surface area contributed by atoms with Crippen molar-refractivity contribution in [3.05, 3.63) is 65.4 Å². The van der Waals surface area contributed by atoms with Crippen molar-refractivity contribution in [3.63, 3.8) is 0 Å². The van der Waals surface area contributed by atoms with E-state index in [0.717, 1.165) is 10.9 Å². The van der Waals surface area contributed by atoms with Crippen LogP contribution in [0.3, 0.4) is 0 Å². The van der Waals surface area contributed by atoms with Crippen molar-refractivity contribution in [2.75, 3.05) is 13.7 Å². The molecule has 2 N–H and O–H groups in total. The third-order valence-electron chi connectivity index (χ3n) is 5.08. The van der Waals surface area contributed by atoms with E-state index in [1.54, 1.807) is 45.0 Å². The molecule has 0 saturated heterocycles. The van der Waals surface area contributed by atoms with Crippen molar-refractivity contribution < 1.29 is 23.9 Å². The lowest BCUT2D eigenvalue weighted by Crippen LogP contribution is -2.45. The molecule has 1 aromatic heterocycles. The average Bonchev–Trinajstić information content (AvgIpc) is 3.10. The van der Waals surface area contributed by atoms with Gasteiger partial charge in [0.15, 0.2) is 6.61 Å². The zero-order valence-electron chi connectivity index (χ0n) is 18.0. The number of aryl methyl sites for hydroxylation is 1. The van der Waals surface area contributed by atoms with Crippen molar-refractivity contribution in [3.8, 4) is 5.75 Å². The number of carbonyl (C=O) groups is 3. The standard InChI is InChI=1S/C24H26N2O5/c1-14(2)22(26-23(28)17-10-6-8-12-20(17)30-4)24(29)31-13-19(27)21-15(3)25-18-11-7-5-9-16(18)21/h5-12,14,22,25H,13H2,1-4H3,(H,26,28)/t22-/m0/s1. The smallest absolute Gasteiger partial charge is 0.329 e. The monoisotopic (exact) mass is 422 g/mol. The van der Waals surface area contributed by atoms with Gasteiger partial charge in [0.2, 0.25) is 5.78 Å². The molecule has 0 radical (unpaired) electrons. The van der Waals surface area contributed by atoms with Gasteiger partial charge < -0.3 is 19.8 Å². The summed E-state index contributed by atoms with van der Waals surface area (Å²) in [7, 11) is 1.47. The van der Waals surface area contributed by atoms with Crippen molar-refractivity contribution >= 4 is 28.6 Å². The fourth-order valence-corrected chi connectivity index (χ4v) is 3.48. The predicted octanol–water partition coefficient (Wildman–Crippen LogP) is 3.67. The van der Waals surface area contributed by atoms with Gasteiger partial charge in [-0.1, -0.05) is 44.2 Å². The van der Waals surface area contributed by atoms with Gasteiger partial charge in [-0.25, -0.2) is 4.79 Å². The number of ketones is 1. The first kappa shape index (κ1) is 22.1. The summed E-state index contributed by atoms with van der Waals surface area (Å²) >= 11 is 0. The maximum Gasteiger partial charge on any atom is 0.329 e. The van der Waals surface area contributed by atoms with Gasteiger partial charge in [-0.15, -0.1) is 0 Å². The van der Waals surface area contributed by atoms with Gasteiger partial charge in [-0.3, -0.25) is 9.59 Å². The van der Waals surface area contributed by atoms with Gasteiger partial charge in [0.1, 0.15) is 11.8 Å². The topological polar surface area (TPSA) is 97.5 Å². The molecular formula is C24H26N2O5. The summed E-state index contributed by atoms with van der Waals surface area (Å²) in [6, 6.07) is 13.3. The number of fused-ring (bicyclic) bond motifs is 1. The lowest BCUT2D eigenvalue weighted by Gasteiger charge is -2.21. The van der Waals surface area contributed by atoms with Crippen LogP contribution in [0.5, 0.6) is 5.75 Å². The van der Waals surface area contributed by atoms with Crippen LogP contribution in [0.1, 0.15) is 40.3 Å². The highest BCUT2D eigenvalue weighted by atomic mass is 16.5. The van der Waals surface area contributed by atoms with E-state index in [0.29, 0.717) is 22.6 Å². The number of para-hydroxylation sites is 2. The maximum absolute atomic E-state index is 12.8. The second-order valence-corrected chi connectivity index (χ2v) is 7.60. The van der Waals surface area contributed by atoms with Crippen LogP contribution in [0.2, 0.25) is 0 Å². The van der Waals surface area contributed by atoms with Crippen LogP contribution in [0.15, 0.2) is 48.5 Å². The quantitative estimate of drug-likeness (QED) is 0.426. The molecule has 3 aromatic rings. The number of benzene rings is 2. The van der Waals surface area contributed by atoms with Crippen molar-refractivity contribution in [1.29, 1.82) is 0 Å². The number of nitrogens with one attached hydrogen (secondary N) is 2. The molecule has 1 atom stereocenters. The summed E-state index contributed by atoms with van der Waals surface area (Å²) in [4.78, 5) is 41.3. The molecule has 0 aliphatic carbocycles. The Morgan fingerprint density at radius 1 is 1.03 bits per heavy atom. The Morgan fingerprint density at radius 3 is 2.42 bits per heavy atom. The highest BCUT2D eigenvalue weighted by Crippen LogP contribution is 2.22. The van der Waals surface area contributed by atoms with E-state index in [4.69, 9.17) is 9.47 Å². The van der Waals surface area contributed by atoms with E-state index in [9.17, 15) is 14.4 Å². The van der Waals surface area contributed by atoms with Gasteiger partial charge in [0, 0.05) is 22.2 Å². The lowest BCUT2D eigenvalue weighted by molar-refractivity contribution is -0.145. The highest BCUT2D eigenvalue weighted by molar-refractivity contribution is 6.10. The Labute approximate surface area is 180 Å². The average molecular weight is 422 g/mol. The first-order valence-electron chi connectivity index (χ1n) is 10.0. The largest absolute Gasteiger partial charge is 0.496 e. The zero-order chi connectivity index (χ0) is 22.5. The summed E-state index contributed by atoms with van der Waals surface area (Å²) in [6.07, 6.45) is 0. The first-order chi connectivity index (χ1) is 14.8. The van der Waals surface area contributed by atoms with Crippen LogP contribution >= 0.6 is 0 Å². The molecule has 31 heavy (non-hydrogen) atoms. The number of aromatic nitrogens is 1. The molecule has 7 heteroatoms. The number of esters is 1. The van der Waals surface area contributed by atoms with Gasteiger partial charge in [0.25, 0.3) is 5.91 Å². The molecule has 2 aromatic carbocycles. The van der Waals surface area contributed by atoms with Gasteiger partial charge in [-0.05, 0) is 31.0 Å². The number of hydrogen-bond donors (Lipinski definition) is 2. The van der Waals surface area contributed by atoms with Crippen molar-refractivity contribution in [2.24, 2.45) is 5.92 Å². The minimum Gasteiger partial charge on any atom is -0.496 e. The number of carbonyl (C=O) groups excluding carboxylic acids is 3.